The Balaban J connectivity index is 1.94. The van der Waals surface area contributed by atoms with Crippen molar-refractivity contribution in [2.24, 2.45) is 0 Å². The van der Waals surface area contributed by atoms with E-state index in [1.165, 1.54) is 18.2 Å². The fourth-order valence-corrected chi connectivity index (χ4v) is 1.67. The van der Waals surface area contributed by atoms with E-state index in [1.54, 1.807) is 18.2 Å². The minimum atomic E-state index is -0.751. The van der Waals surface area contributed by atoms with E-state index in [0.717, 1.165) is 5.56 Å². The molecule has 0 saturated heterocycles. The maximum Gasteiger partial charge on any atom is 0.302 e. The first-order valence-corrected chi connectivity index (χ1v) is 6.29. The Labute approximate surface area is 121 Å². The number of halogens is 1. The van der Waals surface area contributed by atoms with Gasteiger partial charge in [0.15, 0.2) is 0 Å². The summed E-state index contributed by atoms with van der Waals surface area (Å²) in [7, 11) is 0. The summed E-state index contributed by atoms with van der Waals surface area (Å²) in [6.45, 7) is 0. The largest absolute Gasteiger partial charge is 0.302 e. The molecule has 0 atom stereocenters. The minimum absolute atomic E-state index is 0.0912. The zero-order valence-corrected chi connectivity index (χ0v) is 11.1. The van der Waals surface area contributed by atoms with Crippen LogP contribution in [0.4, 0.5) is 4.39 Å². The molecule has 0 heterocycles. The third-order valence-corrected chi connectivity index (χ3v) is 2.65. The van der Waals surface area contributed by atoms with E-state index < -0.39 is 17.6 Å². The van der Waals surface area contributed by atoms with E-state index >= 15 is 0 Å². The Bertz CT molecular complexity index is 714. The number of amides is 2. The van der Waals surface area contributed by atoms with Crippen LogP contribution in [0.2, 0.25) is 0 Å². The third-order valence-electron chi connectivity index (χ3n) is 2.65. The Morgan fingerprint density at radius 2 is 1.67 bits per heavy atom. The summed E-state index contributed by atoms with van der Waals surface area (Å²) in [5.41, 5.74) is 0.910. The molecule has 104 valence electrons. The summed E-state index contributed by atoms with van der Waals surface area (Å²) in [4.78, 5) is 23.1. The van der Waals surface area contributed by atoms with Gasteiger partial charge in [-0.05, 0) is 17.7 Å². The second kappa shape index (κ2) is 7.01. The van der Waals surface area contributed by atoms with Crippen LogP contribution in [-0.2, 0) is 16.0 Å². The fraction of sp³-hybridized carbons (Fsp3) is 0.0588. The molecule has 0 aliphatic carbocycles. The van der Waals surface area contributed by atoms with Gasteiger partial charge in [-0.2, -0.15) is 0 Å². The predicted octanol–water partition coefficient (Wildman–Crippen LogP) is 2.06. The lowest BCUT2D eigenvalue weighted by Gasteiger charge is -2.00. The van der Waals surface area contributed by atoms with Crippen LogP contribution in [-0.4, -0.2) is 11.8 Å². The zero-order valence-electron chi connectivity index (χ0n) is 11.1. The van der Waals surface area contributed by atoms with Gasteiger partial charge in [-0.1, -0.05) is 48.4 Å². The number of hydrogen-bond acceptors (Lipinski definition) is 2. The van der Waals surface area contributed by atoms with Gasteiger partial charge >= 0.3 is 5.91 Å². The van der Waals surface area contributed by atoms with Crippen molar-refractivity contribution in [3.05, 3.63) is 71.5 Å². The molecule has 2 rings (SSSR count). The van der Waals surface area contributed by atoms with Crippen molar-refractivity contribution in [2.75, 3.05) is 0 Å². The molecule has 3 nitrogen and oxygen atoms in total. The minimum Gasteiger partial charge on any atom is -0.285 e. The second-order valence-electron chi connectivity index (χ2n) is 4.27. The van der Waals surface area contributed by atoms with Gasteiger partial charge in [-0.25, -0.2) is 4.39 Å². The van der Waals surface area contributed by atoms with Crippen molar-refractivity contribution < 1.29 is 14.0 Å². The van der Waals surface area contributed by atoms with Gasteiger partial charge in [-0.15, -0.1) is 0 Å². The summed E-state index contributed by atoms with van der Waals surface area (Å²) in [6, 6.07) is 14.9. The number of nitrogens with one attached hydrogen (secondary N) is 1. The average molecular weight is 281 g/mol. The van der Waals surface area contributed by atoms with Gasteiger partial charge in [0.25, 0.3) is 0 Å². The SMILES string of the molecule is O=C(C#Cc1ccccc1F)NC(=O)Cc1ccccc1. The van der Waals surface area contributed by atoms with Crippen molar-refractivity contribution in [3.63, 3.8) is 0 Å². The number of rotatable bonds is 2. The van der Waals surface area contributed by atoms with Gasteiger partial charge in [0.1, 0.15) is 5.82 Å². The summed E-state index contributed by atoms with van der Waals surface area (Å²) < 4.78 is 13.3. The highest BCUT2D eigenvalue weighted by Gasteiger charge is 2.06. The lowest BCUT2D eigenvalue weighted by Crippen LogP contribution is -2.30. The van der Waals surface area contributed by atoms with E-state index in [4.69, 9.17) is 0 Å². The molecule has 0 aliphatic rings. The first-order chi connectivity index (χ1) is 10.1. The topological polar surface area (TPSA) is 46.2 Å². The molecule has 0 fully saturated rings. The highest BCUT2D eigenvalue weighted by molar-refractivity contribution is 6.05. The van der Waals surface area contributed by atoms with Crippen LogP contribution < -0.4 is 5.32 Å². The number of imide groups is 1. The van der Waals surface area contributed by atoms with E-state index in [-0.39, 0.29) is 12.0 Å². The van der Waals surface area contributed by atoms with Crippen molar-refractivity contribution in [1.29, 1.82) is 0 Å². The first-order valence-electron chi connectivity index (χ1n) is 6.29. The molecule has 0 radical (unpaired) electrons. The average Bonchev–Trinajstić information content (AvgIpc) is 2.47. The van der Waals surface area contributed by atoms with Crippen LogP contribution in [0.3, 0.4) is 0 Å². The monoisotopic (exact) mass is 281 g/mol. The molecule has 0 spiro atoms. The van der Waals surface area contributed by atoms with Crippen molar-refractivity contribution in [3.8, 4) is 11.8 Å². The Kier molecular flexibility index (Phi) is 4.84. The van der Waals surface area contributed by atoms with E-state index in [9.17, 15) is 14.0 Å². The van der Waals surface area contributed by atoms with E-state index in [2.05, 4.69) is 17.2 Å². The molecule has 21 heavy (non-hydrogen) atoms. The molecule has 0 bridgehead atoms. The molecule has 1 N–H and O–H groups in total. The molecule has 0 unspecified atom stereocenters. The summed E-state index contributed by atoms with van der Waals surface area (Å²) in [6.07, 6.45) is 0.0912. The zero-order chi connectivity index (χ0) is 15.1. The maximum absolute atomic E-state index is 13.3. The molecular weight excluding hydrogens is 269 g/mol. The fourth-order valence-electron chi connectivity index (χ4n) is 1.67. The number of carbonyl (C=O) groups is 2. The maximum atomic E-state index is 13.3. The molecule has 0 saturated carbocycles. The molecule has 0 aliphatic heterocycles. The molecular formula is C17H12FNO2. The van der Waals surface area contributed by atoms with Gasteiger partial charge in [0.2, 0.25) is 5.91 Å². The normalized spacial score (nSPS) is 9.38. The van der Waals surface area contributed by atoms with E-state index in [0.29, 0.717) is 0 Å². The van der Waals surface area contributed by atoms with Crippen LogP contribution in [0, 0.1) is 17.7 Å². The second-order valence-corrected chi connectivity index (χ2v) is 4.27. The van der Waals surface area contributed by atoms with Crippen molar-refractivity contribution in [1.82, 2.24) is 5.32 Å². The molecule has 2 amide bonds. The quantitative estimate of drug-likeness (QED) is 0.856. The molecule has 4 heteroatoms. The standard InChI is InChI=1S/C17H12FNO2/c18-15-9-5-4-8-14(15)10-11-16(20)19-17(21)12-13-6-2-1-3-7-13/h1-9H,12H2,(H,19,20,21). The lowest BCUT2D eigenvalue weighted by molar-refractivity contribution is -0.127. The van der Waals surface area contributed by atoms with Gasteiger partial charge in [0, 0.05) is 5.92 Å². The van der Waals surface area contributed by atoms with Crippen LogP contribution in [0.25, 0.3) is 0 Å². The van der Waals surface area contributed by atoms with Crippen LogP contribution in [0.1, 0.15) is 11.1 Å². The number of hydrogen-bond donors (Lipinski definition) is 1. The summed E-state index contributed by atoms with van der Waals surface area (Å²) in [5, 5.41) is 2.14. The van der Waals surface area contributed by atoms with Crippen LogP contribution in [0.5, 0.6) is 0 Å². The Morgan fingerprint density at radius 1 is 1.00 bits per heavy atom. The predicted molar refractivity (Wildman–Crippen MR) is 76.6 cm³/mol. The molecule has 2 aromatic carbocycles. The van der Waals surface area contributed by atoms with E-state index in [1.807, 2.05) is 18.2 Å². The molecule has 2 aromatic rings. The highest BCUT2D eigenvalue weighted by atomic mass is 19.1. The summed E-state index contributed by atoms with van der Waals surface area (Å²) >= 11 is 0. The number of benzene rings is 2. The van der Waals surface area contributed by atoms with Crippen LogP contribution >= 0.6 is 0 Å². The van der Waals surface area contributed by atoms with Gasteiger partial charge in [0.05, 0.1) is 12.0 Å². The van der Waals surface area contributed by atoms with Crippen molar-refractivity contribution >= 4 is 11.8 Å². The lowest BCUT2D eigenvalue weighted by atomic mass is 10.1. The first kappa shape index (κ1) is 14.5. The van der Waals surface area contributed by atoms with Gasteiger partial charge in [-0.3, -0.25) is 14.9 Å². The Morgan fingerprint density at radius 3 is 2.38 bits per heavy atom. The molecule has 0 aromatic heterocycles. The summed E-state index contributed by atoms with van der Waals surface area (Å²) in [5.74, 6) is 2.88. The van der Waals surface area contributed by atoms with Crippen molar-refractivity contribution in [2.45, 2.75) is 6.42 Å². The van der Waals surface area contributed by atoms with Gasteiger partial charge < -0.3 is 0 Å². The third kappa shape index (κ3) is 4.59. The smallest absolute Gasteiger partial charge is 0.285 e. The highest BCUT2D eigenvalue weighted by Crippen LogP contribution is 2.03. The van der Waals surface area contributed by atoms with Crippen LogP contribution in [0.15, 0.2) is 54.6 Å². The number of carbonyl (C=O) groups excluding carboxylic acids is 2. The Hall–Kier alpha value is -2.93.